The second-order valence-corrected chi connectivity index (χ2v) is 15.7. The molecule has 0 saturated heterocycles. The smallest absolute Gasteiger partial charge is 0.330 e. The first-order valence-corrected chi connectivity index (χ1v) is 17.0. The van der Waals surface area contributed by atoms with Crippen molar-refractivity contribution < 1.29 is 28.3 Å². The van der Waals surface area contributed by atoms with Gasteiger partial charge in [0.05, 0.1) is 7.11 Å². The first kappa shape index (κ1) is 34.2. The quantitative estimate of drug-likeness (QED) is 0.183. The molecule has 3 aromatic rings. The summed E-state index contributed by atoms with van der Waals surface area (Å²) in [7, 11) is 1.26. The number of carbonyl (C=O) groups is 4. The van der Waals surface area contributed by atoms with Gasteiger partial charge in [0.1, 0.15) is 23.9 Å². The molecular formula is C38H46N4O7. The molecular weight excluding hydrogens is 624 g/mol. The van der Waals surface area contributed by atoms with Gasteiger partial charge in [0, 0.05) is 28.8 Å². The molecule has 4 aliphatic carbocycles. The third-order valence-corrected chi connectivity index (χ3v) is 10.6. The molecule has 1 atom stereocenters. The van der Waals surface area contributed by atoms with E-state index in [9.17, 15) is 24.0 Å². The predicted octanol–water partition coefficient (Wildman–Crippen LogP) is 5.40. The average Bonchev–Trinajstić information content (AvgIpc) is 3.34. The highest BCUT2D eigenvalue weighted by atomic mass is 16.5. The van der Waals surface area contributed by atoms with E-state index >= 15 is 0 Å². The van der Waals surface area contributed by atoms with E-state index in [0.717, 1.165) is 24.6 Å². The molecule has 4 aliphatic rings. The Morgan fingerprint density at radius 1 is 0.959 bits per heavy atom. The molecule has 0 aliphatic heterocycles. The number of allylic oxidation sites excluding steroid dienone is 1. The zero-order valence-electron chi connectivity index (χ0n) is 28.9. The van der Waals surface area contributed by atoms with Gasteiger partial charge >= 0.3 is 5.97 Å². The highest BCUT2D eigenvalue weighted by molar-refractivity contribution is 6.03. The topological polar surface area (TPSA) is 149 Å². The van der Waals surface area contributed by atoms with Gasteiger partial charge in [0.25, 0.3) is 11.5 Å². The van der Waals surface area contributed by atoms with Gasteiger partial charge in [-0.05, 0) is 92.7 Å². The highest BCUT2D eigenvalue weighted by Crippen LogP contribution is 2.70. The average molecular weight is 671 g/mol. The Morgan fingerprint density at radius 2 is 1.61 bits per heavy atom. The predicted molar refractivity (Wildman–Crippen MR) is 185 cm³/mol. The number of hydrogen-bond acceptors (Lipinski definition) is 7. The van der Waals surface area contributed by atoms with E-state index in [2.05, 4.69) is 41.5 Å². The SMILES string of the molecule is COC(=O)/C=C/CCC(NC(=O)c1oc2ccccc2c1C)C(=O)Nc1cccn(CC(=O)NC23CC4(C)CC(C)(CC(C)(C4)C2)C3)c1=O. The number of pyridine rings is 1. The summed E-state index contributed by atoms with van der Waals surface area (Å²) < 4.78 is 11.7. The number of ether oxygens (including phenoxy) is 1. The van der Waals surface area contributed by atoms with Crippen LogP contribution >= 0.6 is 0 Å². The maximum absolute atomic E-state index is 13.6. The van der Waals surface area contributed by atoms with Crippen molar-refractivity contribution in [3.8, 4) is 0 Å². The number of aryl methyl sites for hydroxylation is 1. The van der Waals surface area contributed by atoms with Crippen LogP contribution in [-0.2, 0) is 25.7 Å². The summed E-state index contributed by atoms with van der Waals surface area (Å²) in [6.07, 6.45) is 11.0. The fourth-order valence-corrected chi connectivity index (χ4v) is 10.3. The van der Waals surface area contributed by atoms with Crippen LogP contribution in [0, 0.1) is 23.2 Å². The number of methoxy groups -OCH3 is 1. The Morgan fingerprint density at radius 3 is 2.24 bits per heavy atom. The Kier molecular flexibility index (Phi) is 8.83. The van der Waals surface area contributed by atoms with E-state index in [4.69, 9.17) is 4.42 Å². The van der Waals surface area contributed by atoms with E-state index in [1.54, 1.807) is 31.2 Å². The molecule has 3 amide bonds. The number of fused-ring (bicyclic) bond motifs is 1. The lowest BCUT2D eigenvalue weighted by atomic mass is 9.38. The third-order valence-electron chi connectivity index (χ3n) is 10.6. The summed E-state index contributed by atoms with van der Waals surface area (Å²) in [5.74, 6) is -1.91. The number of carbonyl (C=O) groups excluding carboxylic acids is 4. The van der Waals surface area contributed by atoms with Gasteiger partial charge in [-0.15, -0.1) is 0 Å². The number of hydrogen-bond donors (Lipinski definition) is 3. The Hall–Kier alpha value is -4.67. The van der Waals surface area contributed by atoms with Crippen LogP contribution in [0.15, 0.2) is 64.0 Å². The van der Waals surface area contributed by atoms with Crippen LogP contribution in [0.5, 0.6) is 0 Å². The van der Waals surface area contributed by atoms with Gasteiger partial charge in [-0.1, -0.05) is 45.0 Å². The lowest BCUT2D eigenvalue weighted by Gasteiger charge is -2.69. The summed E-state index contributed by atoms with van der Waals surface area (Å²) in [5, 5.41) is 9.54. The molecule has 1 aromatic carbocycles. The molecule has 2 aromatic heterocycles. The van der Waals surface area contributed by atoms with Gasteiger partial charge < -0.3 is 29.7 Å². The first-order valence-electron chi connectivity index (χ1n) is 17.0. The zero-order valence-corrected chi connectivity index (χ0v) is 28.9. The molecule has 11 heteroatoms. The van der Waals surface area contributed by atoms with Crippen molar-refractivity contribution in [3.05, 3.63) is 76.4 Å². The molecule has 49 heavy (non-hydrogen) atoms. The summed E-state index contributed by atoms with van der Waals surface area (Å²) in [6.45, 7) is 8.63. The van der Waals surface area contributed by atoms with Crippen molar-refractivity contribution in [2.75, 3.05) is 12.4 Å². The van der Waals surface area contributed by atoms with Crippen molar-refractivity contribution in [1.82, 2.24) is 15.2 Å². The van der Waals surface area contributed by atoms with Crippen LogP contribution in [0.2, 0.25) is 0 Å². The molecule has 7 rings (SSSR count). The van der Waals surface area contributed by atoms with Crippen molar-refractivity contribution >= 4 is 40.3 Å². The fraction of sp³-hybridized carbons (Fsp3) is 0.500. The largest absolute Gasteiger partial charge is 0.466 e. The number of furan rings is 1. The molecule has 0 radical (unpaired) electrons. The standard InChI is InChI=1S/C38H46N4O7/c1-24-25-11-6-8-14-28(25)49-31(24)33(46)39-26(12-7-9-15-30(44)48-5)32(45)40-27-13-10-16-42(34(27)47)17-29(43)41-38-21-35(2)18-36(3,22-38)20-37(4,19-35)23-38/h6,8-11,13-16,26H,7,12,17-23H2,1-5H3,(H,39,46)(H,40,45)(H,41,43)/b15-9+. The Labute approximate surface area is 285 Å². The van der Waals surface area contributed by atoms with Crippen LogP contribution in [-0.4, -0.2) is 46.9 Å². The summed E-state index contributed by atoms with van der Waals surface area (Å²) in [6, 6.07) is 9.23. The molecule has 260 valence electrons. The highest BCUT2D eigenvalue weighted by Gasteiger charge is 2.64. The summed E-state index contributed by atoms with van der Waals surface area (Å²) in [4.78, 5) is 65.6. The number of benzene rings is 1. The monoisotopic (exact) mass is 670 g/mol. The second kappa shape index (κ2) is 12.7. The minimum absolute atomic E-state index is 0.0214. The second-order valence-electron chi connectivity index (χ2n) is 15.7. The molecule has 4 bridgehead atoms. The number of amides is 3. The Bertz CT molecular complexity index is 1850. The van der Waals surface area contributed by atoms with E-state index in [-0.39, 0.29) is 58.5 Å². The molecule has 4 saturated carbocycles. The van der Waals surface area contributed by atoms with Gasteiger partial charge in [-0.25, -0.2) is 4.79 Å². The number of para-hydroxylation sites is 1. The maximum Gasteiger partial charge on any atom is 0.330 e. The van der Waals surface area contributed by atoms with Crippen molar-refractivity contribution in [1.29, 1.82) is 0 Å². The van der Waals surface area contributed by atoms with Gasteiger partial charge in [-0.2, -0.15) is 0 Å². The van der Waals surface area contributed by atoms with E-state index < -0.39 is 29.4 Å². The van der Waals surface area contributed by atoms with Gasteiger partial charge in [-0.3, -0.25) is 19.2 Å². The normalized spacial score (nSPS) is 27.6. The minimum Gasteiger partial charge on any atom is -0.466 e. The van der Waals surface area contributed by atoms with Crippen molar-refractivity contribution in [2.24, 2.45) is 16.2 Å². The van der Waals surface area contributed by atoms with Crippen LogP contribution < -0.4 is 21.5 Å². The van der Waals surface area contributed by atoms with Crippen molar-refractivity contribution in [3.63, 3.8) is 0 Å². The number of nitrogens with zero attached hydrogens (tertiary/aromatic N) is 1. The van der Waals surface area contributed by atoms with Crippen LogP contribution in [0.1, 0.15) is 88.3 Å². The van der Waals surface area contributed by atoms with E-state index in [0.29, 0.717) is 11.1 Å². The number of nitrogens with one attached hydrogen (secondary N) is 3. The van der Waals surface area contributed by atoms with Crippen LogP contribution in [0.4, 0.5) is 5.69 Å². The van der Waals surface area contributed by atoms with Crippen LogP contribution in [0.3, 0.4) is 0 Å². The summed E-state index contributed by atoms with van der Waals surface area (Å²) >= 11 is 0. The number of aromatic nitrogens is 1. The number of anilines is 1. The molecule has 0 spiro atoms. The molecule has 11 nitrogen and oxygen atoms in total. The molecule has 3 N–H and O–H groups in total. The zero-order chi connectivity index (χ0) is 35.2. The molecule has 2 heterocycles. The van der Waals surface area contributed by atoms with E-state index in [1.165, 1.54) is 49.3 Å². The number of rotatable bonds is 11. The molecule has 1 unspecified atom stereocenters. The first-order chi connectivity index (χ1) is 23.1. The maximum atomic E-state index is 13.6. The summed E-state index contributed by atoms with van der Waals surface area (Å²) in [5.41, 5.74) is 0.906. The van der Waals surface area contributed by atoms with Crippen molar-refractivity contribution in [2.45, 2.75) is 97.2 Å². The number of esters is 1. The Balaban J connectivity index is 1.16. The van der Waals surface area contributed by atoms with Gasteiger partial charge in [0.15, 0.2) is 5.76 Å². The minimum atomic E-state index is -1.08. The third kappa shape index (κ3) is 7.07. The van der Waals surface area contributed by atoms with Gasteiger partial charge in [0.2, 0.25) is 11.8 Å². The molecule has 4 fully saturated rings. The fourth-order valence-electron chi connectivity index (χ4n) is 10.3. The lowest BCUT2D eigenvalue weighted by Crippen LogP contribution is -2.68. The van der Waals surface area contributed by atoms with E-state index in [1.807, 2.05) is 12.1 Å². The van der Waals surface area contributed by atoms with Crippen LogP contribution in [0.25, 0.3) is 11.0 Å². The lowest BCUT2D eigenvalue weighted by molar-refractivity contribution is -0.164.